The fourth-order valence-corrected chi connectivity index (χ4v) is 10.8. The first-order chi connectivity index (χ1) is 32.8. The molecule has 0 bridgehead atoms. The molecule has 3 saturated heterocycles. The van der Waals surface area contributed by atoms with Gasteiger partial charge in [-0.15, -0.1) is 10.2 Å². The molecular formula is C49H68N12O8. The summed E-state index contributed by atoms with van der Waals surface area (Å²) in [4.78, 5) is 64.2. The van der Waals surface area contributed by atoms with E-state index in [0.29, 0.717) is 30.3 Å². The van der Waals surface area contributed by atoms with Gasteiger partial charge in [0.25, 0.3) is 0 Å². The first kappa shape index (κ1) is 48.5. The number of rotatable bonds is 15. The molecule has 0 radical (unpaired) electrons. The molecule has 3 aromatic heterocycles. The molecule has 0 spiro atoms. The third-order valence-corrected chi connectivity index (χ3v) is 14.6. The molecule has 9 rings (SSSR count). The van der Waals surface area contributed by atoms with E-state index in [4.69, 9.17) is 9.72 Å². The standard InChI is InChI=1S/C49H68N12O8/c1-48(2,3)41(60-24-34(53-55-60)27-13-14-27)47(68)59-23-30(64)18-38(59)45(66)52-36(26-62)39-21-50-43(57(39)7)33-19-32(33)35-25-61(56-54-35)42(49(4,5)6)46(67)58-22-29(63)17-37(58)44(65)51-20-31-15-16-40(69-31)28-11-9-8-10-12-28/h8-12,21,24-25,27,29-33,36-38,40-42,62-64H,13-20,22-23,26H2,1-7H3,(H,51,65)(H,52,66)/t29-,30-,31-,32?,33?,36?,37+,38+,40-,41-,42-/m1/s1. The van der Waals surface area contributed by atoms with Crippen LogP contribution >= 0.6 is 0 Å². The molecule has 69 heavy (non-hydrogen) atoms. The van der Waals surface area contributed by atoms with E-state index >= 15 is 0 Å². The van der Waals surface area contributed by atoms with Crippen LogP contribution in [0.3, 0.4) is 0 Å². The Hall–Kier alpha value is -5.57. The molecular weight excluding hydrogens is 885 g/mol. The number of benzene rings is 1. The number of imidazole rings is 1. The van der Waals surface area contributed by atoms with Crippen molar-refractivity contribution in [3.63, 3.8) is 0 Å². The highest BCUT2D eigenvalue weighted by Gasteiger charge is 2.49. The number of nitrogens with zero attached hydrogens (tertiary/aromatic N) is 10. The highest BCUT2D eigenvalue weighted by molar-refractivity contribution is 5.91. The second kappa shape index (κ2) is 19.0. The van der Waals surface area contributed by atoms with Gasteiger partial charge in [-0.2, -0.15) is 0 Å². The van der Waals surface area contributed by atoms with Crippen molar-refractivity contribution in [2.24, 2.45) is 17.9 Å². The summed E-state index contributed by atoms with van der Waals surface area (Å²) in [5.41, 5.74) is 1.96. The number of likely N-dealkylation sites (tertiary alicyclic amines) is 2. The number of amides is 4. The highest BCUT2D eigenvalue weighted by atomic mass is 16.5. The van der Waals surface area contributed by atoms with Gasteiger partial charge in [0.15, 0.2) is 0 Å². The molecule has 3 aliphatic heterocycles. The minimum absolute atomic E-state index is 0.0161. The monoisotopic (exact) mass is 953 g/mol. The number of β-amino-alcohol motifs (C(OH)–C–C–N with tert-alkyl or cyclic N) is 2. The van der Waals surface area contributed by atoms with Crippen LogP contribution in [0.5, 0.6) is 0 Å². The lowest BCUT2D eigenvalue weighted by Crippen LogP contribution is -2.51. The van der Waals surface area contributed by atoms with Gasteiger partial charge in [0.05, 0.1) is 60.3 Å². The fourth-order valence-electron chi connectivity index (χ4n) is 10.8. The SMILES string of the molecule is Cn1c(C(CO)NC(=O)[C@@H]2C[C@@H](O)CN2C(=O)[C@@H](n2cc(C3CC3)nn2)C(C)(C)C)cnc1C1CC1c1cn([C@H](C(=O)N2C[C@H](O)C[C@H]2C(=O)NC[C@H]2CC[C@H](c3ccccc3)O2)C(C)(C)C)nn1. The minimum atomic E-state index is -0.978. The minimum Gasteiger partial charge on any atom is -0.394 e. The van der Waals surface area contributed by atoms with Crippen LogP contribution in [-0.2, 0) is 31.0 Å². The lowest BCUT2D eigenvalue weighted by atomic mass is 9.85. The van der Waals surface area contributed by atoms with Gasteiger partial charge in [-0.3, -0.25) is 19.2 Å². The van der Waals surface area contributed by atoms with Gasteiger partial charge in [0.2, 0.25) is 23.6 Å². The van der Waals surface area contributed by atoms with Crippen LogP contribution in [-0.4, -0.2) is 145 Å². The molecule has 5 fully saturated rings. The van der Waals surface area contributed by atoms with Crippen LogP contribution in [0.15, 0.2) is 48.9 Å². The summed E-state index contributed by atoms with van der Waals surface area (Å²) >= 11 is 0. The molecule has 2 aliphatic carbocycles. The molecule has 5 aliphatic rings. The molecule has 3 unspecified atom stereocenters. The largest absolute Gasteiger partial charge is 0.394 e. The quantitative estimate of drug-likeness (QED) is 0.115. The second-order valence-electron chi connectivity index (χ2n) is 22.1. The summed E-state index contributed by atoms with van der Waals surface area (Å²) in [6.45, 7) is 11.5. The van der Waals surface area contributed by atoms with E-state index in [2.05, 4.69) is 31.3 Å². The van der Waals surface area contributed by atoms with Gasteiger partial charge in [0.1, 0.15) is 30.0 Å². The van der Waals surface area contributed by atoms with Gasteiger partial charge in [-0.1, -0.05) is 82.3 Å². The van der Waals surface area contributed by atoms with Crippen molar-refractivity contribution < 1.29 is 39.2 Å². The molecule has 6 heterocycles. The molecule has 4 aromatic rings. The zero-order valence-corrected chi connectivity index (χ0v) is 40.7. The molecule has 2 saturated carbocycles. The average molecular weight is 953 g/mol. The third kappa shape index (κ3) is 10.1. The van der Waals surface area contributed by atoms with E-state index in [1.165, 1.54) is 9.80 Å². The van der Waals surface area contributed by atoms with Crippen molar-refractivity contribution in [1.82, 2.24) is 60.0 Å². The first-order valence-electron chi connectivity index (χ1n) is 24.5. The summed E-state index contributed by atoms with van der Waals surface area (Å²) in [5, 5.41) is 55.8. The topological polar surface area (TPSA) is 248 Å². The predicted octanol–water partition coefficient (Wildman–Crippen LogP) is 2.74. The van der Waals surface area contributed by atoms with E-state index in [9.17, 15) is 34.5 Å². The van der Waals surface area contributed by atoms with Gasteiger partial charge in [-0.25, -0.2) is 14.3 Å². The van der Waals surface area contributed by atoms with E-state index in [1.807, 2.05) is 89.7 Å². The zero-order valence-electron chi connectivity index (χ0n) is 40.7. The van der Waals surface area contributed by atoms with Crippen LogP contribution in [0.25, 0.3) is 0 Å². The van der Waals surface area contributed by atoms with Crippen LogP contribution in [0.1, 0.15) is 157 Å². The van der Waals surface area contributed by atoms with Crippen molar-refractivity contribution in [3.05, 3.63) is 77.4 Å². The average Bonchev–Trinajstić information content (AvgIpc) is 3.75. The summed E-state index contributed by atoms with van der Waals surface area (Å²) in [5.74, 6) is -0.567. The number of ether oxygens (including phenoxy) is 1. The Morgan fingerprint density at radius 2 is 1.35 bits per heavy atom. The lowest BCUT2D eigenvalue weighted by Gasteiger charge is -2.35. The number of carbonyl (C=O) groups is 4. The van der Waals surface area contributed by atoms with E-state index in [-0.39, 0.29) is 67.7 Å². The van der Waals surface area contributed by atoms with Crippen molar-refractivity contribution in [2.75, 3.05) is 26.2 Å². The number of aromatic nitrogens is 8. The van der Waals surface area contributed by atoms with E-state index < -0.39 is 65.8 Å². The lowest BCUT2D eigenvalue weighted by molar-refractivity contribution is -0.144. The van der Waals surface area contributed by atoms with Crippen LogP contribution in [0.4, 0.5) is 0 Å². The normalized spacial score (nSPS) is 27.3. The molecule has 5 N–H and O–H groups in total. The number of hydrogen-bond donors (Lipinski definition) is 5. The summed E-state index contributed by atoms with van der Waals surface area (Å²) < 4.78 is 11.3. The Morgan fingerprint density at radius 3 is 1.93 bits per heavy atom. The molecule has 20 heteroatoms. The number of aliphatic hydroxyl groups is 3. The molecule has 11 atom stereocenters. The zero-order chi connectivity index (χ0) is 49.1. The van der Waals surface area contributed by atoms with E-state index in [1.54, 1.807) is 21.8 Å². The molecule has 4 amide bonds. The van der Waals surface area contributed by atoms with Crippen LogP contribution in [0, 0.1) is 10.8 Å². The van der Waals surface area contributed by atoms with Gasteiger partial charge in [0, 0.05) is 69.7 Å². The molecule has 372 valence electrons. The maximum Gasteiger partial charge on any atom is 0.248 e. The maximum atomic E-state index is 14.5. The van der Waals surface area contributed by atoms with Crippen LogP contribution in [0.2, 0.25) is 0 Å². The van der Waals surface area contributed by atoms with Gasteiger partial charge in [-0.05, 0) is 48.5 Å². The van der Waals surface area contributed by atoms with E-state index in [0.717, 1.165) is 42.8 Å². The van der Waals surface area contributed by atoms with Gasteiger partial charge < -0.3 is 45.1 Å². The maximum absolute atomic E-state index is 14.5. The van der Waals surface area contributed by atoms with Gasteiger partial charge >= 0.3 is 0 Å². The number of carbonyl (C=O) groups excluding carboxylic acids is 4. The molecule has 20 nitrogen and oxygen atoms in total. The first-order valence-corrected chi connectivity index (χ1v) is 24.5. The van der Waals surface area contributed by atoms with Crippen molar-refractivity contribution in [1.29, 1.82) is 0 Å². The number of aliphatic hydroxyl groups excluding tert-OH is 3. The highest BCUT2D eigenvalue weighted by Crippen LogP contribution is 2.54. The summed E-state index contributed by atoms with van der Waals surface area (Å²) in [7, 11) is 1.82. The smallest absolute Gasteiger partial charge is 0.248 e. The summed E-state index contributed by atoms with van der Waals surface area (Å²) in [6.07, 6.45) is 7.85. The Labute approximate surface area is 402 Å². The fraction of sp³-hybridized carbons (Fsp3) is 0.653. The molecule has 1 aromatic carbocycles. The van der Waals surface area contributed by atoms with Crippen molar-refractivity contribution >= 4 is 23.6 Å². The van der Waals surface area contributed by atoms with Crippen molar-refractivity contribution in [3.8, 4) is 0 Å². The Bertz CT molecular complexity index is 2510. The summed E-state index contributed by atoms with van der Waals surface area (Å²) in [6, 6.07) is 5.72. The third-order valence-electron chi connectivity index (χ3n) is 14.6. The Kier molecular flexibility index (Phi) is 13.3. The Balaban J connectivity index is 0.837. The predicted molar refractivity (Wildman–Crippen MR) is 249 cm³/mol. The number of nitrogens with one attached hydrogen (secondary N) is 2. The van der Waals surface area contributed by atoms with Crippen molar-refractivity contribution in [2.45, 2.75) is 159 Å². The second-order valence-corrected chi connectivity index (χ2v) is 22.1. The van der Waals surface area contributed by atoms with Crippen LogP contribution < -0.4 is 10.6 Å². The number of hydrogen-bond acceptors (Lipinski definition) is 13. The Morgan fingerprint density at radius 1 is 0.768 bits per heavy atom.